The summed E-state index contributed by atoms with van der Waals surface area (Å²) in [5, 5.41) is 19.2. The molecule has 0 radical (unpaired) electrons. The molecule has 0 aliphatic carbocycles. The molecule has 94 valence electrons. The van der Waals surface area contributed by atoms with Crippen LogP contribution in [0, 0.1) is 0 Å². The fourth-order valence-electron chi connectivity index (χ4n) is 1.59. The van der Waals surface area contributed by atoms with Crippen molar-refractivity contribution >= 4 is 16.9 Å². The summed E-state index contributed by atoms with van der Waals surface area (Å²) in [4.78, 5) is 0. The van der Waals surface area contributed by atoms with Crippen molar-refractivity contribution in [2.45, 2.75) is 36.9 Å². The molecule has 1 aliphatic heterocycles. The Bertz CT molecular complexity index is 256. The first-order valence-corrected chi connectivity index (χ1v) is 6.31. The van der Waals surface area contributed by atoms with Gasteiger partial charge in [-0.3, -0.25) is 10.3 Å². The highest BCUT2D eigenvalue weighted by molar-refractivity contribution is 8.13. The van der Waals surface area contributed by atoms with E-state index in [1.807, 2.05) is 18.7 Å². The summed E-state index contributed by atoms with van der Waals surface area (Å²) in [5.41, 5.74) is 5.68. The monoisotopic (exact) mass is 249 g/mol. The molecule has 1 fully saturated rings. The topological polar surface area (TPSA) is 78.7 Å². The van der Waals surface area contributed by atoms with Gasteiger partial charge in [0.15, 0.2) is 0 Å². The van der Waals surface area contributed by atoms with Crippen molar-refractivity contribution in [1.29, 1.82) is 0 Å². The number of rotatable bonds is 3. The van der Waals surface area contributed by atoms with E-state index in [1.54, 1.807) is 0 Å². The molecule has 0 amide bonds. The summed E-state index contributed by atoms with van der Waals surface area (Å²) in [6.45, 7) is 0.0850. The molecule has 1 heterocycles. The predicted octanol–water partition coefficient (Wildman–Crippen LogP) is -0.445. The minimum atomic E-state index is -0.363. The molecule has 0 aromatic heterocycles. The number of thioether (sulfide) groups is 1. The minimum Gasteiger partial charge on any atom is -0.396 e. The second kappa shape index (κ2) is 6.44. The Morgan fingerprint density at radius 3 is 2.75 bits per heavy atom. The van der Waals surface area contributed by atoms with Gasteiger partial charge in [-0.05, 0) is 24.6 Å². The Hall–Kier alpha value is -0.300. The lowest BCUT2D eigenvalue weighted by atomic mass is 10.0. The van der Waals surface area contributed by atoms with Crippen LogP contribution >= 0.6 is 11.8 Å². The number of aliphatic hydroxyl groups excluding tert-OH is 2. The maximum atomic E-state index is 9.69. The van der Waals surface area contributed by atoms with Gasteiger partial charge in [-0.15, -0.1) is 0 Å². The molecule has 1 aliphatic rings. The number of aliphatic hydroxyl groups is 2. The summed E-state index contributed by atoms with van der Waals surface area (Å²) in [7, 11) is 3.74. The second-order valence-electron chi connectivity index (χ2n) is 4.18. The standard InChI is InChI=1S/C10H20N2O3S/c1-12(2)10(11)16-9-6-7(14)5-8(15-9)3-4-13/h7-9,11,13-14H,3-6H2,1-2H3/p+1/t7-,8+,9+/m0/s1. The highest BCUT2D eigenvalue weighted by Crippen LogP contribution is 2.28. The lowest BCUT2D eigenvalue weighted by Crippen LogP contribution is -2.36. The van der Waals surface area contributed by atoms with E-state index >= 15 is 0 Å². The molecule has 0 unspecified atom stereocenters. The third-order valence-electron chi connectivity index (χ3n) is 2.49. The van der Waals surface area contributed by atoms with Crippen molar-refractivity contribution in [2.75, 3.05) is 20.7 Å². The fraction of sp³-hybridized carbons (Fsp3) is 0.900. The molecule has 16 heavy (non-hydrogen) atoms. The minimum absolute atomic E-state index is 0.0683. The summed E-state index contributed by atoms with van der Waals surface area (Å²) in [6, 6.07) is 0. The number of nitrogens with zero attached hydrogens (tertiary/aromatic N) is 1. The van der Waals surface area contributed by atoms with Crippen LogP contribution in [0.1, 0.15) is 19.3 Å². The van der Waals surface area contributed by atoms with Gasteiger partial charge in [0.1, 0.15) is 5.44 Å². The molecular formula is C10H21N2O3S+. The fourth-order valence-corrected chi connectivity index (χ4v) is 2.60. The molecule has 3 atom stereocenters. The third kappa shape index (κ3) is 4.29. The molecule has 0 saturated carbocycles. The number of ether oxygens (including phenoxy) is 1. The zero-order chi connectivity index (χ0) is 12.1. The predicted molar refractivity (Wildman–Crippen MR) is 64.5 cm³/mol. The number of amidine groups is 1. The van der Waals surface area contributed by atoms with Crippen molar-refractivity contribution in [3.05, 3.63) is 0 Å². The zero-order valence-corrected chi connectivity index (χ0v) is 10.6. The van der Waals surface area contributed by atoms with E-state index in [9.17, 15) is 5.11 Å². The average molecular weight is 249 g/mol. The van der Waals surface area contributed by atoms with E-state index < -0.39 is 0 Å². The molecule has 6 heteroatoms. The van der Waals surface area contributed by atoms with Gasteiger partial charge in [-0.1, -0.05) is 0 Å². The molecule has 5 nitrogen and oxygen atoms in total. The SMILES string of the molecule is C[N+](C)=C(N)S[C@@H]1C[C@@H](O)C[C@@H](CCO)O1. The van der Waals surface area contributed by atoms with Gasteiger partial charge in [-0.25, -0.2) is 0 Å². The van der Waals surface area contributed by atoms with Crippen molar-refractivity contribution < 1.29 is 19.5 Å². The summed E-state index contributed by atoms with van der Waals surface area (Å²) in [6.07, 6.45) is 1.32. The van der Waals surface area contributed by atoms with Gasteiger partial charge in [0, 0.05) is 13.0 Å². The van der Waals surface area contributed by atoms with E-state index in [0.717, 1.165) is 0 Å². The van der Waals surface area contributed by atoms with E-state index in [-0.39, 0.29) is 24.3 Å². The number of hydrogen-bond acceptors (Lipinski definition) is 4. The van der Waals surface area contributed by atoms with E-state index in [4.69, 9.17) is 15.6 Å². The highest BCUT2D eigenvalue weighted by atomic mass is 32.2. The molecule has 0 spiro atoms. The van der Waals surface area contributed by atoms with Gasteiger partial charge in [0.2, 0.25) is 0 Å². The van der Waals surface area contributed by atoms with Crippen molar-refractivity contribution in [1.82, 2.24) is 0 Å². The lowest BCUT2D eigenvalue weighted by Gasteiger charge is -2.31. The Labute approximate surface area is 100 Å². The van der Waals surface area contributed by atoms with Crippen LogP contribution in [0.3, 0.4) is 0 Å². The molecule has 4 N–H and O–H groups in total. The second-order valence-corrected chi connectivity index (χ2v) is 5.36. The van der Waals surface area contributed by atoms with Crippen molar-refractivity contribution in [3.8, 4) is 0 Å². The van der Waals surface area contributed by atoms with Gasteiger partial charge in [-0.2, -0.15) is 0 Å². The van der Waals surface area contributed by atoms with Crippen LogP contribution < -0.4 is 5.73 Å². The maximum Gasteiger partial charge on any atom is 0.306 e. The summed E-state index contributed by atoms with van der Waals surface area (Å²) >= 11 is 1.42. The molecular weight excluding hydrogens is 228 g/mol. The lowest BCUT2D eigenvalue weighted by molar-refractivity contribution is -0.462. The molecule has 1 rings (SSSR count). The van der Waals surface area contributed by atoms with Crippen LogP contribution in [0.2, 0.25) is 0 Å². The zero-order valence-electron chi connectivity index (χ0n) is 9.80. The van der Waals surface area contributed by atoms with Crippen molar-refractivity contribution in [2.24, 2.45) is 5.73 Å². The van der Waals surface area contributed by atoms with E-state index in [0.29, 0.717) is 24.4 Å². The van der Waals surface area contributed by atoms with Crippen LogP contribution in [0.5, 0.6) is 0 Å². The Balaban J connectivity index is 2.50. The average Bonchev–Trinajstić information content (AvgIpc) is 2.16. The largest absolute Gasteiger partial charge is 0.396 e. The Morgan fingerprint density at radius 2 is 2.19 bits per heavy atom. The van der Waals surface area contributed by atoms with Gasteiger partial charge in [0.05, 0.1) is 26.3 Å². The van der Waals surface area contributed by atoms with Gasteiger partial charge in [0.25, 0.3) is 0 Å². The van der Waals surface area contributed by atoms with Gasteiger partial charge < -0.3 is 14.9 Å². The first-order chi connectivity index (χ1) is 7.52. The Morgan fingerprint density at radius 1 is 1.50 bits per heavy atom. The third-order valence-corrected chi connectivity index (χ3v) is 3.66. The normalized spacial score (nSPS) is 30.1. The van der Waals surface area contributed by atoms with Crippen LogP contribution in [0.4, 0.5) is 0 Å². The molecule has 0 aromatic carbocycles. The summed E-state index contributed by atoms with van der Waals surface area (Å²) in [5.74, 6) is 0. The van der Waals surface area contributed by atoms with Crippen LogP contribution in [0.25, 0.3) is 0 Å². The molecule has 0 bridgehead atoms. The smallest absolute Gasteiger partial charge is 0.306 e. The number of hydrogen-bond donors (Lipinski definition) is 3. The van der Waals surface area contributed by atoms with E-state index in [1.165, 1.54) is 11.8 Å². The van der Waals surface area contributed by atoms with Crippen LogP contribution in [0.15, 0.2) is 0 Å². The Kier molecular flexibility index (Phi) is 5.54. The summed E-state index contributed by atoms with van der Waals surface area (Å²) < 4.78 is 7.55. The van der Waals surface area contributed by atoms with E-state index in [2.05, 4.69) is 0 Å². The quantitative estimate of drug-likeness (QED) is 0.359. The van der Waals surface area contributed by atoms with Crippen LogP contribution in [-0.2, 0) is 4.74 Å². The first-order valence-electron chi connectivity index (χ1n) is 5.43. The highest BCUT2D eigenvalue weighted by Gasteiger charge is 2.30. The van der Waals surface area contributed by atoms with Gasteiger partial charge >= 0.3 is 5.17 Å². The van der Waals surface area contributed by atoms with Crippen molar-refractivity contribution in [3.63, 3.8) is 0 Å². The molecule has 0 aromatic rings. The first kappa shape index (κ1) is 13.8. The number of nitrogens with two attached hydrogens (primary N) is 1. The molecule has 1 saturated heterocycles. The maximum absolute atomic E-state index is 9.69. The van der Waals surface area contributed by atoms with Crippen LogP contribution in [-0.4, -0.2) is 58.3 Å².